The zero-order chi connectivity index (χ0) is 23.0. The Morgan fingerprint density at radius 1 is 1.13 bits per heavy atom. The van der Waals surface area contributed by atoms with Crippen molar-refractivity contribution in [3.63, 3.8) is 0 Å². The van der Waals surface area contributed by atoms with E-state index in [4.69, 9.17) is 11.6 Å². The fraction of sp³-hybridized carbons (Fsp3) is 0.417. The molecule has 7 heteroatoms. The normalized spacial score (nSPS) is 12.3. The number of carbonyl (C=O) groups is 2. The molecule has 1 atom stereocenters. The molecule has 0 aliphatic carbocycles. The number of nitrogens with zero attached hydrogens (tertiary/aromatic N) is 1. The predicted molar refractivity (Wildman–Crippen MR) is 127 cm³/mol. The average Bonchev–Trinajstić information content (AvgIpc) is 2.69. The molecule has 31 heavy (non-hydrogen) atoms. The van der Waals surface area contributed by atoms with Crippen LogP contribution in [0.15, 0.2) is 48.5 Å². The molecule has 0 fully saturated rings. The van der Waals surface area contributed by atoms with Gasteiger partial charge in [0.25, 0.3) is 0 Å². The average molecular weight is 465 g/mol. The first-order valence-electron chi connectivity index (χ1n) is 10.3. The summed E-state index contributed by atoms with van der Waals surface area (Å²) in [7, 11) is 0. The summed E-state index contributed by atoms with van der Waals surface area (Å²) in [4.78, 5) is 27.7. The van der Waals surface area contributed by atoms with Gasteiger partial charge in [-0.3, -0.25) is 9.59 Å². The molecule has 4 nitrogen and oxygen atoms in total. The molecule has 0 bridgehead atoms. The maximum atomic E-state index is 13.9. The highest BCUT2D eigenvalue weighted by molar-refractivity contribution is 7.99. The van der Waals surface area contributed by atoms with Crippen molar-refractivity contribution in [3.8, 4) is 0 Å². The van der Waals surface area contributed by atoms with Crippen LogP contribution in [-0.2, 0) is 21.9 Å². The number of nitrogens with one attached hydrogen (secondary N) is 1. The van der Waals surface area contributed by atoms with Gasteiger partial charge in [0.15, 0.2) is 0 Å². The number of halogens is 2. The standard InChI is InChI=1S/C24H30ClFN2O2S/c1-5-21(23(30)27-24(2,3)4)28(14-17-10-12-19(25)13-11-17)22(29)16-31-15-18-8-6-7-9-20(18)26/h6-13,21H,5,14-16H2,1-4H3,(H,27,30)/t21-/m1/s1. The van der Waals surface area contributed by atoms with E-state index in [1.54, 1.807) is 35.2 Å². The summed E-state index contributed by atoms with van der Waals surface area (Å²) in [6.45, 7) is 7.92. The molecule has 1 N–H and O–H groups in total. The van der Waals surface area contributed by atoms with Gasteiger partial charge in [-0.15, -0.1) is 11.8 Å². The number of hydrogen-bond acceptors (Lipinski definition) is 3. The minimum absolute atomic E-state index is 0.154. The van der Waals surface area contributed by atoms with Crippen LogP contribution in [0.1, 0.15) is 45.2 Å². The largest absolute Gasteiger partial charge is 0.350 e. The quantitative estimate of drug-likeness (QED) is 0.538. The summed E-state index contributed by atoms with van der Waals surface area (Å²) in [6.07, 6.45) is 0.485. The molecule has 0 saturated carbocycles. The van der Waals surface area contributed by atoms with Crippen LogP contribution in [0.2, 0.25) is 5.02 Å². The third-order valence-corrected chi connectivity index (χ3v) is 5.81. The first kappa shape index (κ1) is 25.2. The number of benzene rings is 2. The van der Waals surface area contributed by atoms with Gasteiger partial charge in [0, 0.05) is 22.9 Å². The molecular weight excluding hydrogens is 435 g/mol. The van der Waals surface area contributed by atoms with E-state index in [0.717, 1.165) is 5.56 Å². The van der Waals surface area contributed by atoms with Gasteiger partial charge in [-0.25, -0.2) is 4.39 Å². The second-order valence-corrected chi connectivity index (χ2v) is 9.82. The SMILES string of the molecule is CC[C@H](C(=O)NC(C)(C)C)N(Cc1ccc(Cl)cc1)C(=O)CSCc1ccccc1F. The van der Waals surface area contributed by atoms with E-state index in [1.807, 2.05) is 39.8 Å². The van der Waals surface area contributed by atoms with Gasteiger partial charge in [-0.1, -0.05) is 48.9 Å². The van der Waals surface area contributed by atoms with Crippen molar-refractivity contribution >= 4 is 35.2 Å². The summed E-state index contributed by atoms with van der Waals surface area (Å²) in [5, 5.41) is 3.59. The highest BCUT2D eigenvalue weighted by Crippen LogP contribution is 2.20. The minimum Gasteiger partial charge on any atom is -0.350 e. The van der Waals surface area contributed by atoms with E-state index in [0.29, 0.717) is 29.3 Å². The Morgan fingerprint density at radius 3 is 2.35 bits per heavy atom. The third-order valence-electron chi connectivity index (χ3n) is 4.59. The molecule has 0 radical (unpaired) electrons. The van der Waals surface area contributed by atoms with Gasteiger partial charge in [-0.2, -0.15) is 0 Å². The van der Waals surface area contributed by atoms with Crippen molar-refractivity contribution in [2.45, 2.75) is 58.0 Å². The number of carbonyl (C=O) groups excluding carboxylic acids is 2. The first-order valence-corrected chi connectivity index (χ1v) is 11.8. The summed E-state index contributed by atoms with van der Waals surface area (Å²) in [6, 6.07) is 13.2. The van der Waals surface area contributed by atoms with Crippen molar-refractivity contribution in [1.82, 2.24) is 10.2 Å². The van der Waals surface area contributed by atoms with Gasteiger partial charge < -0.3 is 10.2 Å². The van der Waals surface area contributed by atoms with Crippen LogP contribution in [0.25, 0.3) is 0 Å². The number of amides is 2. The number of thioether (sulfide) groups is 1. The first-order chi connectivity index (χ1) is 14.6. The zero-order valence-corrected chi connectivity index (χ0v) is 20.0. The lowest BCUT2D eigenvalue weighted by Gasteiger charge is -2.33. The molecule has 168 valence electrons. The van der Waals surface area contributed by atoms with Crippen molar-refractivity contribution in [1.29, 1.82) is 0 Å². The zero-order valence-electron chi connectivity index (χ0n) is 18.5. The van der Waals surface area contributed by atoms with E-state index in [9.17, 15) is 14.0 Å². The molecule has 2 aromatic rings. The molecular formula is C24H30ClFN2O2S. The third kappa shape index (κ3) is 8.19. The Morgan fingerprint density at radius 2 is 1.77 bits per heavy atom. The van der Waals surface area contributed by atoms with Crippen LogP contribution >= 0.6 is 23.4 Å². The summed E-state index contributed by atoms with van der Waals surface area (Å²) in [5.41, 5.74) is 1.04. The lowest BCUT2D eigenvalue weighted by atomic mass is 10.1. The molecule has 0 aromatic heterocycles. The molecule has 2 aromatic carbocycles. The fourth-order valence-electron chi connectivity index (χ4n) is 3.11. The van der Waals surface area contributed by atoms with Crippen molar-refractivity contribution in [2.24, 2.45) is 0 Å². The lowest BCUT2D eigenvalue weighted by Crippen LogP contribution is -2.53. The Kier molecular flexibility index (Phi) is 9.38. The van der Waals surface area contributed by atoms with Crippen LogP contribution < -0.4 is 5.32 Å². The lowest BCUT2D eigenvalue weighted by molar-refractivity contribution is -0.140. The molecule has 0 spiro atoms. The van der Waals surface area contributed by atoms with Gasteiger partial charge in [0.05, 0.1) is 5.75 Å². The molecule has 2 rings (SSSR count). The number of hydrogen-bond donors (Lipinski definition) is 1. The molecule has 0 aliphatic rings. The van der Waals surface area contributed by atoms with E-state index < -0.39 is 11.6 Å². The summed E-state index contributed by atoms with van der Waals surface area (Å²) in [5.74, 6) is -0.0839. The van der Waals surface area contributed by atoms with Gasteiger partial charge >= 0.3 is 0 Å². The highest BCUT2D eigenvalue weighted by atomic mass is 35.5. The van der Waals surface area contributed by atoms with Crippen LogP contribution in [0.5, 0.6) is 0 Å². The van der Waals surface area contributed by atoms with Crippen LogP contribution in [0.4, 0.5) is 4.39 Å². The Labute approximate surface area is 193 Å². The van der Waals surface area contributed by atoms with E-state index >= 15 is 0 Å². The molecule has 2 amide bonds. The highest BCUT2D eigenvalue weighted by Gasteiger charge is 2.30. The van der Waals surface area contributed by atoms with Crippen LogP contribution in [0.3, 0.4) is 0 Å². The smallest absolute Gasteiger partial charge is 0.243 e. The van der Waals surface area contributed by atoms with Gasteiger partial charge in [-0.05, 0) is 56.5 Å². The van der Waals surface area contributed by atoms with Crippen LogP contribution in [0, 0.1) is 5.82 Å². The molecule has 0 aliphatic heterocycles. The van der Waals surface area contributed by atoms with Crippen molar-refractivity contribution < 1.29 is 14.0 Å². The second-order valence-electron chi connectivity index (χ2n) is 8.40. The van der Waals surface area contributed by atoms with E-state index in [1.165, 1.54) is 17.8 Å². The Balaban J connectivity index is 2.16. The predicted octanol–water partition coefficient (Wildman–Crippen LogP) is 5.43. The summed E-state index contributed by atoms with van der Waals surface area (Å²) >= 11 is 7.32. The van der Waals surface area contributed by atoms with Gasteiger partial charge in [0.1, 0.15) is 11.9 Å². The maximum Gasteiger partial charge on any atom is 0.243 e. The molecule has 0 heterocycles. The minimum atomic E-state index is -0.600. The van der Waals surface area contributed by atoms with E-state index in [2.05, 4.69) is 5.32 Å². The van der Waals surface area contributed by atoms with E-state index in [-0.39, 0.29) is 23.4 Å². The Hall–Kier alpha value is -2.05. The van der Waals surface area contributed by atoms with Gasteiger partial charge in [0.2, 0.25) is 11.8 Å². The molecule has 0 saturated heterocycles. The topological polar surface area (TPSA) is 49.4 Å². The van der Waals surface area contributed by atoms with Crippen LogP contribution in [-0.4, -0.2) is 34.0 Å². The Bertz CT molecular complexity index is 884. The molecule has 0 unspecified atom stereocenters. The second kappa shape index (κ2) is 11.5. The maximum absolute atomic E-state index is 13.9. The van der Waals surface area contributed by atoms with Crippen molar-refractivity contribution in [2.75, 3.05) is 5.75 Å². The monoisotopic (exact) mass is 464 g/mol. The number of rotatable bonds is 9. The fourth-order valence-corrected chi connectivity index (χ4v) is 4.13. The summed E-state index contributed by atoms with van der Waals surface area (Å²) < 4.78 is 13.9. The van der Waals surface area contributed by atoms with Crippen molar-refractivity contribution in [3.05, 3.63) is 70.5 Å².